The average Bonchev–Trinajstić information content (AvgIpc) is 2.21. The molecule has 0 aliphatic carbocycles. The number of unbranched alkanes of at least 4 members (excludes halogenated alkanes) is 5. The molecule has 0 aromatic rings. The Morgan fingerprint density at radius 3 is 2.12 bits per heavy atom. The van der Waals surface area contributed by atoms with E-state index >= 15 is 0 Å². The minimum Gasteiger partial charge on any atom is -0.481 e. The zero-order valence-electron chi connectivity index (χ0n) is 10.3. The molecule has 0 amide bonds. The monoisotopic (exact) mass is 226 g/mol. The van der Waals surface area contributed by atoms with Crippen molar-refractivity contribution in [2.24, 2.45) is 0 Å². The van der Waals surface area contributed by atoms with E-state index in [9.17, 15) is 9.59 Å². The summed E-state index contributed by atoms with van der Waals surface area (Å²) in [5.74, 6) is -0.568. The standard InChI is InChI=1S/C13H22O3/c1-11(12(2)14)9-7-5-3-4-6-8-10-13(15)16/h9H,3-8,10H2,1-2H3,(H,15,16). The van der Waals surface area contributed by atoms with Crippen molar-refractivity contribution in [1.82, 2.24) is 0 Å². The minimum atomic E-state index is -0.708. The molecule has 0 aromatic carbocycles. The van der Waals surface area contributed by atoms with Crippen molar-refractivity contribution in [3.63, 3.8) is 0 Å². The molecule has 0 saturated carbocycles. The van der Waals surface area contributed by atoms with Gasteiger partial charge in [-0.3, -0.25) is 9.59 Å². The van der Waals surface area contributed by atoms with Gasteiger partial charge in [0.1, 0.15) is 0 Å². The van der Waals surface area contributed by atoms with Gasteiger partial charge in [0.15, 0.2) is 5.78 Å². The predicted molar refractivity (Wildman–Crippen MR) is 64.4 cm³/mol. The summed E-state index contributed by atoms with van der Waals surface area (Å²) >= 11 is 0. The van der Waals surface area contributed by atoms with Gasteiger partial charge in [-0.1, -0.05) is 25.3 Å². The van der Waals surface area contributed by atoms with Gasteiger partial charge in [0.05, 0.1) is 0 Å². The summed E-state index contributed by atoms with van der Waals surface area (Å²) < 4.78 is 0. The quantitative estimate of drug-likeness (QED) is 0.484. The van der Waals surface area contributed by atoms with E-state index in [0.717, 1.165) is 44.1 Å². The first kappa shape index (κ1) is 14.9. The summed E-state index contributed by atoms with van der Waals surface area (Å²) in [7, 11) is 0. The van der Waals surface area contributed by atoms with Crippen LogP contribution in [0.1, 0.15) is 58.8 Å². The minimum absolute atomic E-state index is 0.140. The lowest BCUT2D eigenvalue weighted by molar-refractivity contribution is -0.137. The molecular weight excluding hydrogens is 204 g/mol. The number of hydrogen-bond acceptors (Lipinski definition) is 2. The third kappa shape index (κ3) is 9.44. The van der Waals surface area contributed by atoms with Crippen LogP contribution in [0.2, 0.25) is 0 Å². The van der Waals surface area contributed by atoms with Gasteiger partial charge in [-0.25, -0.2) is 0 Å². The van der Waals surface area contributed by atoms with Crippen LogP contribution < -0.4 is 0 Å². The molecule has 0 radical (unpaired) electrons. The number of carbonyl (C=O) groups is 2. The maximum atomic E-state index is 10.9. The molecule has 0 heterocycles. The van der Waals surface area contributed by atoms with Gasteiger partial charge in [0.25, 0.3) is 0 Å². The second kappa shape index (κ2) is 9.13. The predicted octanol–water partition coefficient (Wildman–Crippen LogP) is 3.34. The molecule has 0 spiro atoms. The SMILES string of the molecule is CC(=O)C(C)=CCCCCCCCC(=O)O. The lowest BCUT2D eigenvalue weighted by Crippen LogP contribution is -1.93. The summed E-state index contributed by atoms with van der Waals surface area (Å²) in [5.41, 5.74) is 0.839. The molecule has 0 aliphatic rings. The van der Waals surface area contributed by atoms with Gasteiger partial charge in [0.2, 0.25) is 0 Å². The molecule has 3 heteroatoms. The van der Waals surface area contributed by atoms with Crippen molar-refractivity contribution in [3.05, 3.63) is 11.6 Å². The highest BCUT2D eigenvalue weighted by atomic mass is 16.4. The highest BCUT2D eigenvalue weighted by molar-refractivity contribution is 5.92. The Labute approximate surface area is 97.5 Å². The topological polar surface area (TPSA) is 54.4 Å². The van der Waals surface area contributed by atoms with Crippen LogP contribution >= 0.6 is 0 Å². The smallest absolute Gasteiger partial charge is 0.303 e. The number of aliphatic carboxylic acids is 1. The van der Waals surface area contributed by atoms with E-state index in [0.29, 0.717) is 0 Å². The fourth-order valence-corrected chi connectivity index (χ4v) is 1.41. The highest BCUT2D eigenvalue weighted by Crippen LogP contribution is 2.08. The zero-order valence-corrected chi connectivity index (χ0v) is 10.3. The van der Waals surface area contributed by atoms with Crippen LogP contribution in [0.5, 0.6) is 0 Å². The van der Waals surface area contributed by atoms with Gasteiger partial charge in [-0.2, -0.15) is 0 Å². The van der Waals surface area contributed by atoms with Gasteiger partial charge >= 0.3 is 5.97 Å². The van der Waals surface area contributed by atoms with Crippen LogP contribution in [0.3, 0.4) is 0 Å². The van der Waals surface area contributed by atoms with Crippen LogP contribution in [0.25, 0.3) is 0 Å². The van der Waals surface area contributed by atoms with Crippen molar-refractivity contribution >= 4 is 11.8 Å². The second-order valence-electron chi connectivity index (χ2n) is 4.14. The van der Waals surface area contributed by atoms with Crippen LogP contribution in [-0.4, -0.2) is 16.9 Å². The van der Waals surface area contributed by atoms with Gasteiger partial charge in [0, 0.05) is 6.42 Å². The van der Waals surface area contributed by atoms with Gasteiger partial charge in [-0.15, -0.1) is 0 Å². The number of ketones is 1. The van der Waals surface area contributed by atoms with Crippen LogP contribution in [0.4, 0.5) is 0 Å². The molecule has 1 N–H and O–H groups in total. The molecule has 92 valence electrons. The van der Waals surface area contributed by atoms with E-state index < -0.39 is 5.97 Å². The Morgan fingerprint density at radius 1 is 1.00 bits per heavy atom. The van der Waals surface area contributed by atoms with Crippen molar-refractivity contribution in [2.75, 3.05) is 0 Å². The fourth-order valence-electron chi connectivity index (χ4n) is 1.41. The molecule has 0 rings (SSSR count). The molecule has 0 unspecified atom stereocenters. The lowest BCUT2D eigenvalue weighted by Gasteiger charge is -1.99. The number of hydrogen-bond donors (Lipinski definition) is 1. The molecule has 0 saturated heterocycles. The number of Topliss-reactive ketones (excluding diaryl/α,β-unsaturated/α-hetero) is 1. The van der Waals surface area contributed by atoms with E-state index in [2.05, 4.69) is 0 Å². The number of carboxylic acids is 1. The first-order valence-electron chi connectivity index (χ1n) is 5.93. The van der Waals surface area contributed by atoms with Crippen molar-refractivity contribution in [1.29, 1.82) is 0 Å². The van der Waals surface area contributed by atoms with E-state index in [1.165, 1.54) is 0 Å². The number of allylic oxidation sites excluding steroid dienone is 2. The molecule has 0 bridgehead atoms. The first-order valence-corrected chi connectivity index (χ1v) is 5.93. The Balaban J connectivity index is 3.31. The van der Waals surface area contributed by atoms with Crippen LogP contribution in [0.15, 0.2) is 11.6 Å². The number of carboxylic acid groups (broad SMARTS) is 1. The lowest BCUT2D eigenvalue weighted by atomic mass is 10.1. The maximum absolute atomic E-state index is 10.9. The Hall–Kier alpha value is -1.12. The molecule has 0 aromatic heterocycles. The van der Waals surface area contributed by atoms with Crippen LogP contribution in [0, 0.1) is 0 Å². The van der Waals surface area contributed by atoms with Crippen LogP contribution in [-0.2, 0) is 9.59 Å². The van der Waals surface area contributed by atoms with Crippen molar-refractivity contribution in [3.8, 4) is 0 Å². The third-order valence-electron chi connectivity index (χ3n) is 2.60. The van der Waals surface area contributed by atoms with E-state index in [1.54, 1.807) is 6.92 Å². The summed E-state index contributed by atoms with van der Waals surface area (Å²) in [6, 6.07) is 0. The fraction of sp³-hybridized carbons (Fsp3) is 0.692. The Bertz CT molecular complexity index is 254. The summed E-state index contributed by atoms with van der Waals surface area (Å²) in [6.45, 7) is 3.42. The largest absolute Gasteiger partial charge is 0.481 e. The zero-order chi connectivity index (χ0) is 12.4. The second-order valence-corrected chi connectivity index (χ2v) is 4.14. The molecular formula is C13H22O3. The van der Waals surface area contributed by atoms with Crippen molar-refractivity contribution < 1.29 is 14.7 Å². The third-order valence-corrected chi connectivity index (χ3v) is 2.60. The summed E-state index contributed by atoms with van der Waals surface area (Å²) in [4.78, 5) is 21.1. The average molecular weight is 226 g/mol. The molecule has 0 fully saturated rings. The Kier molecular flexibility index (Phi) is 8.49. The molecule has 3 nitrogen and oxygen atoms in total. The first-order chi connectivity index (χ1) is 7.54. The molecule has 0 atom stereocenters. The van der Waals surface area contributed by atoms with Gasteiger partial charge < -0.3 is 5.11 Å². The van der Waals surface area contributed by atoms with Crippen molar-refractivity contribution in [2.45, 2.75) is 58.8 Å². The highest BCUT2D eigenvalue weighted by Gasteiger charge is 1.97. The molecule has 16 heavy (non-hydrogen) atoms. The summed E-state index contributed by atoms with van der Waals surface area (Å²) in [5, 5.41) is 8.43. The van der Waals surface area contributed by atoms with E-state index in [1.807, 2.05) is 13.0 Å². The molecule has 0 aliphatic heterocycles. The van der Waals surface area contributed by atoms with E-state index in [-0.39, 0.29) is 12.2 Å². The summed E-state index contributed by atoms with van der Waals surface area (Å²) in [6.07, 6.45) is 8.26. The number of rotatable bonds is 9. The maximum Gasteiger partial charge on any atom is 0.303 e. The Morgan fingerprint density at radius 2 is 1.56 bits per heavy atom. The van der Waals surface area contributed by atoms with E-state index in [4.69, 9.17) is 5.11 Å². The normalized spacial score (nSPS) is 11.5. The number of carbonyl (C=O) groups excluding carboxylic acids is 1. The van der Waals surface area contributed by atoms with Gasteiger partial charge in [-0.05, 0) is 38.7 Å².